The fourth-order valence-corrected chi connectivity index (χ4v) is 2.47. The zero-order valence-electron chi connectivity index (χ0n) is 12.8. The molecule has 0 atom stereocenters. The minimum atomic E-state index is -0.428. The highest BCUT2D eigenvalue weighted by Gasteiger charge is 2.18. The molecule has 21 heavy (non-hydrogen) atoms. The number of carbonyl (C=O) groups excluding carboxylic acids is 2. The van der Waals surface area contributed by atoms with Gasteiger partial charge in [0.2, 0.25) is 5.91 Å². The van der Waals surface area contributed by atoms with E-state index in [9.17, 15) is 9.59 Å². The number of nitrogens with zero attached hydrogens (tertiary/aromatic N) is 1. The van der Waals surface area contributed by atoms with Gasteiger partial charge in [0, 0.05) is 26.2 Å². The Bertz CT molecular complexity index is 319. The van der Waals surface area contributed by atoms with E-state index in [-0.39, 0.29) is 25.1 Å². The van der Waals surface area contributed by atoms with Crippen LogP contribution in [0.15, 0.2) is 0 Å². The Hall–Kier alpha value is -1.18. The summed E-state index contributed by atoms with van der Waals surface area (Å²) in [5.74, 6) is -0.368. The molecule has 7 nitrogen and oxygen atoms in total. The highest BCUT2D eigenvalue weighted by Crippen LogP contribution is 2.17. The van der Waals surface area contributed by atoms with E-state index in [0.29, 0.717) is 19.7 Å². The van der Waals surface area contributed by atoms with Crippen molar-refractivity contribution in [3.8, 4) is 0 Å². The summed E-state index contributed by atoms with van der Waals surface area (Å²) in [5.41, 5.74) is 0. The lowest BCUT2D eigenvalue weighted by Crippen LogP contribution is -2.48. The molecule has 0 radical (unpaired) electrons. The van der Waals surface area contributed by atoms with Crippen LogP contribution in [-0.2, 0) is 9.53 Å². The monoisotopic (exact) mass is 301 g/mol. The molecule has 0 unspecified atom stereocenters. The molecule has 3 amide bonds. The summed E-state index contributed by atoms with van der Waals surface area (Å²) in [7, 11) is 1.58. The quantitative estimate of drug-likeness (QED) is 0.591. The van der Waals surface area contributed by atoms with Crippen molar-refractivity contribution in [1.82, 2.24) is 15.5 Å². The Balaban J connectivity index is 2.27. The first-order chi connectivity index (χ1) is 10.2. The average Bonchev–Trinajstić information content (AvgIpc) is 2.45. The van der Waals surface area contributed by atoms with E-state index >= 15 is 0 Å². The van der Waals surface area contributed by atoms with Gasteiger partial charge in [-0.3, -0.25) is 15.0 Å². The third kappa shape index (κ3) is 7.99. The van der Waals surface area contributed by atoms with Crippen molar-refractivity contribution in [2.24, 2.45) is 0 Å². The maximum atomic E-state index is 11.8. The third-order valence-electron chi connectivity index (χ3n) is 3.59. The van der Waals surface area contributed by atoms with Crippen molar-refractivity contribution < 1.29 is 19.4 Å². The van der Waals surface area contributed by atoms with Gasteiger partial charge in [0.15, 0.2) is 0 Å². The molecule has 1 aliphatic rings. The van der Waals surface area contributed by atoms with Gasteiger partial charge in [-0.15, -0.1) is 0 Å². The van der Waals surface area contributed by atoms with Crippen LogP contribution in [0.2, 0.25) is 0 Å². The number of hydrogen-bond acceptors (Lipinski definition) is 5. The fraction of sp³-hybridized carbons (Fsp3) is 0.857. The van der Waals surface area contributed by atoms with Crippen LogP contribution in [0, 0.1) is 0 Å². The van der Waals surface area contributed by atoms with Gasteiger partial charge in [0.1, 0.15) is 0 Å². The summed E-state index contributed by atoms with van der Waals surface area (Å²) < 4.78 is 4.95. The van der Waals surface area contributed by atoms with E-state index in [0.717, 1.165) is 25.7 Å². The second-order valence-corrected chi connectivity index (χ2v) is 5.35. The van der Waals surface area contributed by atoms with E-state index in [1.807, 2.05) is 0 Å². The average molecular weight is 301 g/mol. The maximum absolute atomic E-state index is 11.8. The summed E-state index contributed by atoms with van der Waals surface area (Å²) in [6.07, 6.45) is 5.42. The number of hydrogen-bond donors (Lipinski definition) is 3. The molecule has 1 saturated carbocycles. The van der Waals surface area contributed by atoms with Crippen LogP contribution in [0.5, 0.6) is 0 Å². The molecule has 0 spiro atoms. The number of aliphatic hydroxyl groups is 1. The molecule has 0 aliphatic heterocycles. The summed E-state index contributed by atoms with van der Waals surface area (Å²) >= 11 is 0. The topological polar surface area (TPSA) is 90.9 Å². The van der Waals surface area contributed by atoms with Crippen molar-refractivity contribution in [3.63, 3.8) is 0 Å². The lowest BCUT2D eigenvalue weighted by atomic mass is 9.96. The lowest BCUT2D eigenvalue weighted by Gasteiger charge is -2.23. The Morgan fingerprint density at radius 2 is 1.95 bits per heavy atom. The highest BCUT2D eigenvalue weighted by molar-refractivity contribution is 5.95. The van der Waals surface area contributed by atoms with Gasteiger partial charge in [-0.05, 0) is 12.8 Å². The number of urea groups is 1. The zero-order valence-corrected chi connectivity index (χ0v) is 12.8. The number of imide groups is 1. The van der Waals surface area contributed by atoms with Crippen LogP contribution < -0.4 is 10.6 Å². The Morgan fingerprint density at radius 3 is 2.57 bits per heavy atom. The molecule has 122 valence electrons. The molecule has 0 aromatic carbocycles. The van der Waals surface area contributed by atoms with E-state index < -0.39 is 6.03 Å². The molecule has 1 aliphatic carbocycles. The minimum absolute atomic E-state index is 0.0364. The molecule has 1 fully saturated rings. The van der Waals surface area contributed by atoms with Crippen LogP contribution in [-0.4, -0.2) is 67.9 Å². The minimum Gasteiger partial charge on any atom is -0.395 e. The summed E-state index contributed by atoms with van der Waals surface area (Å²) in [5, 5.41) is 14.1. The zero-order chi connectivity index (χ0) is 15.5. The van der Waals surface area contributed by atoms with Crippen LogP contribution in [0.4, 0.5) is 4.79 Å². The van der Waals surface area contributed by atoms with Crippen LogP contribution in [0.3, 0.4) is 0 Å². The van der Waals surface area contributed by atoms with Crippen LogP contribution in [0.1, 0.15) is 32.1 Å². The molecule has 3 N–H and O–H groups in total. The van der Waals surface area contributed by atoms with Gasteiger partial charge < -0.3 is 15.2 Å². The maximum Gasteiger partial charge on any atom is 0.321 e. The molecule has 0 heterocycles. The second-order valence-electron chi connectivity index (χ2n) is 5.35. The van der Waals surface area contributed by atoms with Crippen molar-refractivity contribution >= 4 is 11.9 Å². The molecule has 0 aromatic heterocycles. The van der Waals surface area contributed by atoms with Crippen LogP contribution >= 0.6 is 0 Å². The number of carbonyl (C=O) groups is 2. The van der Waals surface area contributed by atoms with Crippen molar-refractivity contribution in [1.29, 1.82) is 0 Å². The van der Waals surface area contributed by atoms with E-state index in [1.54, 1.807) is 12.0 Å². The number of rotatable bonds is 8. The first-order valence-electron chi connectivity index (χ1n) is 7.58. The van der Waals surface area contributed by atoms with Crippen LogP contribution in [0.25, 0.3) is 0 Å². The number of ether oxygens (including phenoxy) is 1. The van der Waals surface area contributed by atoms with E-state index in [1.165, 1.54) is 6.42 Å². The van der Waals surface area contributed by atoms with Gasteiger partial charge in [-0.25, -0.2) is 4.79 Å². The Kier molecular flexibility index (Phi) is 8.96. The number of methoxy groups -OCH3 is 1. The number of nitrogens with one attached hydrogen (secondary N) is 2. The van der Waals surface area contributed by atoms with Gasteiger partial charge in [-0.2, -0.15) is 0 Å². The molecular weight excluding hydrogens is 274 g/mol. The van der Waals surface area contributed by atoms with Gasteiger partial charge in [0.05, 0.1) is 19.8 Å². The van der Waals surface area contributed by atoms with E-state index in [4.69, 9.17) is 9.84 Å². The second kappa shape index (κ2) is 10.5. The van der Waals surface area contributed by atoms with Crippen molar-refractivity contribution in [3.05, 3.63) is 0 Å². The smallest absolute Gasteiger partial charge is 0.321 e. The SMILES string of the molecule is COCCN(CCO)CC(=O)NC(=O)NC1CCCCC1. The third-order valence-corrected chi connectivity index (χ3v) is 3.59. The first-order valence-corrected chi connectivity index (χ1v) is 7.58. The largest absolute Gasteiger partial charge is 0.395 e. The number of amides is 3. The fourth-order valence-electron chi connectivity index (χ4n) is 2.47. The summed E-state index contributed by atoms with van der Waals surface area (Å²) in [4.78, 5) is 25.3. The van der Waals surface area contributed by atoms with Gasteiger partial charge in [-0.1, -0.05) is 19.3 Å². The van der Waals surface area contributed by atoms with Crippen molar-refractivity contribution in [2.45, 2.75) is 38.1 Å². The Labute approximate surface area is 126 Å². The number of aliphatic hydroxyl groups excluding tert-OH is 1. The lowest BCUT2D eigenvalue weighted by molar-refractivity contribution is -0.121. The predicted octanol–water partition coefficient (Wildman–Crippen LogP) is 0.0856. The highest BCUT2D eigenvalue weighted by atomic mass is 16.5. The first kappa shape index (κ1) is 17.9. The Morgan fingerprint density at radius 1 is 1.24 bits per heavy atom. The molecule has 1 rings (SSSR count). The summed E-state index contributed by atoms with van der Waals surface area (Å²) in [6, 6.07) is -0.254. The van der Waals surface area contributed by atoms with Gasteiger partial charge in [0.25, 0.3) is 0 Å². The van der Waals surface area contributed by atoms with Gasteiger partial charge >= 0.3 is 6.03 Å². The summed E-state index contributed by atoms with van der Waals surface area (Å²) in [6.45, 7) is 1.42. The molecule has 0 bridgehead atoms. The normalized spacial score (nSPS) is 16.0. The molecule has 0 saturated heterocycles. The van der Waals surface area contributed by atoms with Crippen molar-refractivity contribution in [2.75, 3.05) is 40.0 Å². The predicted molar refractivity (Wildman–Crippen MR) is 78.9 cm³/mol. The molecule has 7 heteroatoms. The van der Waals surface area contributed by atoms with E-state index in [2.05, 4.69) is 10.6 Å². The standard InChI is InChI=1S/C14H27N3O4/c1-21-10-8-17(7-9-18)11-13(19)16-14(20)15-12-5-3-2-4-6-12/h12,18H,2-11H2,1H3,(H2,15,16,19,20). The molecular formula is C14H27N3O4. The molecule has 0 aromatic rings.